The van der Waals surface area contributed by atoms with Crippen LogP contribution in [0.5, 0.6) is 0 Å². The van der Waals surface area contributed by atoms with Crippen LogP contribution in [0.3, 0.4) is 0 Å². The van der Waals surface area contributed by atoms with E-state index in [0.29, 0.717) is 0 Å². The molecule has 23 heavy (non-hydrogen) atoms. The summed E-state index contributed by atoms with van der Waals surface area (Å²) in [5.41, 5.74) is 2.01. The van der Waals surface area contributed by atoms with Gasteiger partial charge < -0.3 is 5.32 Å². The molecule has 1 aromatic carbocycles. The smallest absolute Gasteiger partial charge is 0.272 e. The van der Waals surface area contributed by atoms with Crippen LogP contribution in [0.15, 0.2) is 18.2 Å². The Balaban J connectivity index is 0.00000242. The SMILES string of the molecule is Cc1ccc([C@@H](N2CCNCC2)C(C)(C)C)cc1[N+](=O)[O-].Cl.Cl. The van der Waals surface area contributed by atoms with Crippen molar-refractivity contribution in [3.8, 4) is 0 Å². The van der Waals surface area contributed by atoms with E-state index in [1.165, 1.54) is 0 Å². The number of nitrogens with zero attached hydrogens (tertiary/aromatic N) is 2. The molecular formula is C16H27Cl2N3O2. The highest BCUT2D eigenvalue weighted by Crippen LogP contribution is 2.39. The molecule has 1 aliphatic rings. The number of rotatable bonds is 3. The lowest BCUT2D eigenvalue weighted by Crippen LogP contribution is -2.48. The van der Waals surface area contributed by atoms with Crippen molar-refractivity contribution in [3.05, 3.63) is 39.4 Å². The maximum absolute atomic E-state index is 11.2. The Morgan fingerprint density at radius 2 is 1.78 bits per heavy atom. The summed E-state index contributed by atoms with van der Waals surface area (Å²) in [6.45, 7) is 12.3. The van der Waals surface area contributed by atoms with Gasteiger partial charge in [-0.05, 0) is 17.9 Å². The highest BCUT2D eigenvalue weighted by molar-refractivity contribution is 5.85. The van der Waals surface area contributed by atoms with Gasteiger partial charge in [-0.25, -0.2) is 0 Å². The van der Waals surface area contributed by atoms with Crippen LogP contribution in [0.25, 0.3) is 0 Å². The monoisotopic (exact) mass is 363 g/mol. The lowest BCUT2D eigenvalue weighted by molar-refractivity contribution is -0.385. The van der Waals surface area contributed by atoms with E-state index in [4.69, 9.17) is 0 Å². The fraction of sp³-hybridized carbons (Fsp3) is 0.625. The number of hydrogen-bond donors (Lipinski definition) is 1. The number of benzene rings is 1. The molecule has 2 rings (SSSR count). The van der Waals surface area contributed by atoms with Gasteiger partial charge in [0.05, 0.1) is 4.92 Å². The van der Waals surface area contributed by atoms with Gasteiger partial charge in [0.1, 0.15) is 0 Å². The number of nitro groups is 1. The second kappa shape index (κ2) is 8.83. The molecule has 7 heteroatoms. The van der Waals surface area contributed by atoms with Gasteiger partial charge in [-0.2, -0.15) is 0 Å². The van der Waals surface area contributed by atoms with Crippen molar-refractivity contribution in [1.82, 2.24) is 10.2 Å². The summed E-state index contributed by atoms with van der Waals surface area (Å²) in [5.74, 6) is 0. The minimum absolute atomic E-state index is 0. The van der Waals surface area contributed by atoms with E-state index in [1.54, 1.807) is 13.0 Å². The van der Waals surface area contributed by atoms with Gasteiger partial charge in [-0.3, -0.25) is 15.0 Å². The van der Waals surface area contributed by atoms with Gasteiger partial charge in [-0.15, -0.1) is 24.8 Å². The highest BCUT2D eigenvalue weighted by atomic mass is 35.5. The van der Waals surface area contributed by atoms with Crippen LogP contribution in [0, 0.1) is 22.5 Å². The van der Waals surface area contributed by atoms with E-state index in [2.05, 4.69) is 31.0 Å². The second-order valence-corrected chi connectivity index (χ2v) is 6.86. The lowest BCUT2D eigenvalue weighted by atomic mass is 9.80. The van der Waals surface area contributed by atoms with Crippen LogP contribution in [0.2, 0.25) is 0 Å². The number of nitro benzene ring substituents is 1. The van der Waals surface area contributed by atoms with Crippen LogP contribution < -0.4 is 5.32 Å². The van der Waals surface area contributed by atoms with Gasteiger partial charge in [0.2, 0.25) is 0 Å². The molecule has 0 radical (unpaired) electrons. The second-order valence-electron chi connectivity index (χ2n) is 6.86. The molecule has 0 bridgehead atoms. The average molecular weight is 364 g/mol. The molecule has 1 heterocycles. The fourth-order valence-electron chi connectivity index (χ4n) is 3.19. The summed E-state index contributed by atoms with van der Waals surface area (Å²) in [6, 6.07) is 5.86. The van der Waals surface area contributed by atoms with Crippen LogP contribution in [-0.2, 0) is 0 Å². The molecule has 1 saturated heterocycles. The topological polar surface area (TPSA) is 58.4 Å². The summed E-state index contributed by atoms with van der Waals surface area (Å²) in [7, 11) is 0. The molecular weight excluding hydrogens is 337 g/mol. The van der Waals surface area contributed by atoms with Gasteiger partial charge in [0, 0.05) is 43.9 Å². The minimum Gasteiger partial charge on any atom is -0.314 e. The van der Waals surface area contributed by atoms with Crippen LogP contribution in [0.4, 0.5) is 5.69 Å². The first kappa shape index (κ1) is 22.1. The van der Waals surface area contributed by atoms with Crippen molar-refractivity contribution in [1.29, 1.82) is 0 Å². The third-order valence-electron chi connectivity index (χ3n) is 4.08. The first-order valence-corrected chi connectivity index (χ1v) is 7.50. The van der Waals surface area contributed by atoms with E-state index >= 15 is 0 Å². The third-order valence-corrected chi connectivity index (χ3v) is 4.08. The molecule has 0 aliphatic carbocycles. The molecule has 0 spiro atoms. The Morgan fingerprint density at radius 3 is 2.26 bits per heavy atom. The van der Waals surface area contributed by atoms with Crippen molar-refractivity contribution in [2.45, 2.75) is 33.7 Å². The fourth-order valence-corrected chi connectivity index (χ4v) is 3.19. The van der Waals surface area contributed by atoms with E-state index in [0.717, 1.165) is 37.3 Å². The molecule has 0 saturated carbocycles. The standard InChI is InChI=1S/C16H25N3O2.2ClH/c1-12-5-6-13(11-14(12)19(20)21)15(16(2,3)4)18-9-7-17-8-10-18;;/h5-6,11,15,17H,7-10H2,1-4H3;2*1H/t15-;;/m1../s1. The molecule has 1 aliphatic heterocycles. The van der Waals surface area contributed by atoms with Crippen molar-refractivity contribution in [2.24, 2.45) is 5.41 Å². The first-order valence-electron chi connectivity index (χ1n) is 7.50. The summed E-state index contributed by atoms with van der Waals surface area (Å²) in [4.78, 5) is 13.4. The molecule has 1 atom stereocenters. The summed E-state index contributed by atoms with van der Waals surface area (Å²) >= 11 is 0. The van der Waals surface area contributed by atoms with E-state index in [1.807, 2.05) is 12.1 Å². The van der Waals surface area contributed by atoms with Crippen molar-refractivity contribution in [3.63, 3.8) is 0 Å². The van der Waals surface area contributed by atoms with Gasteiger partial charge in [-0.1, -0.05) is 32.9 Å². The molecule has 1 aromatic rings. The van der Waals surface area contributed by atoms with Crippen molar-refractivity contribution >= 4 is 30.5 Å². The normalized spacial score (nSPS) is 16.9. The molecule has 0 amide bonds. The number of nitrogens with one attached hydrogen (secondary N) is 1. The predicted molar refractivity (Wildman–Crippen MR) is 99.0 cm³/mol. The zero-order chi connectivity index (χ0) is 15.6. The predicted octanol–water partition coefficient (Wildman–Crippen LogP) is 3.74. The quantitative estimate of drug-likeness (QED) is 0.656. The summed E-state index contributed by atoms with van der Waals surface area (Å²) in [5, 5.41) is 14.6. The van der Waals surface area contributed by atoms with Crippen molar-refractivity contribution in [2.75, 3.05) is 26.2 Å². The summed E-state index contributed by atoms with van der Waals surface area (Å²) < 4.78 is 0. The molecule has 1 fully saturated rings. The summed E-state index contributed by atoms with van der Waals surface area (Å²) in [6.07, 6.45) is 0. The maximum Gasteiger partial charge on any atom is 0.272 e. The van der Waals surface area contributed by atoms with Gasteiger partial charge in [0.25, 0.3) is 5.69 Å². The largest absolute Gasteiger partial charge is 0.314 e. The zero-order valence-corrected chi connectivity index (χ0v) is 15.8. The van der Waals surface area contributed by atoms with E-state index in [-0.39, 0.29) is 46.9 Å². The Bertz CT molecular complexity index is 527. The first-order chi connectivity index (χ1) is 9.80. The van der Waals surface area contributed by atoms with Crippen molar-refractivity contribution < 1.29 is 4.92 Å². The van der Waals surface area contributed by atoms with Gasteiger partial charge >= 0.3 is 0 Å². The lowest BCUT2D eigenvalue weighted by Gasteiger charge is -2.42. The molecule has 0 aromatic heterocycles. The Labute approximate surface area is 150 Å². The average Bonchev–Trinajstić information content (AvgIpc) is 2.40. The maximum atomic E-state index is 11.2. The number of halogens is 2. The molecule has 0 unspecified atom stereocenters. The Morgan fingerprint density at radius 1 is 1.22 bits per heavy atom. The van der Waals surface area contributed by atoms with Crippen LogP contribution in [-0.4, -0.2) is 36.0 Å². The van der Waals surface area contributed by atoms with E-state index < -0.39 is 0 Å². The van der Waals surface area contributed by atoms with Crippen LogP contribution >= 0.6 is 24.8 Å². The molecule has 5 nitrogen and oxygen atoms in total. The molecule has 132 valence electrons. The van der Waals surface area contributed by atoms with E-state index in [9.17, 15) is 10.1 Å². The Hall–Kier alpha value is -0.880. The van der Waals surface area contributed by atoms with Crippen LogP contribution in [0.1, 0.15) is 37.9 Å². The number of hydrogen-bond acceptors (Lipinski definition) is 4. The Kier molecular flexibility index (Phi) is 8.49. The third kappa shape index (κ3) is 5.31. The number of piperazine rings is 1. The number of aryl methyl sites for hydroxylation is 1. The highest BCUT2D eigenvalue weighted by Gasteiger charge is 2.33. The molecule has 1 N–H and O–H groups in total. The zero-order valence-electron chi connectivity index (χ0n) is 14.2. The van der Waals surface area contributed by atoms with Gasteiger partial charge in [0.15, 0.2) is 0 Å². The minimum atomic E-state index is -0.281.